The van der Waals surface area contributed by atoms with E-state index in [1.54, 1.807) is 4.68 Å². The molecule has 0 saturated carbocycles. The van der Waals surface area contributed by atoms with Crippen LogP contribution < -0.4 is 5.73 Å². The summed E-state index contributed by atoms with van der Waals surface area (Å²) in [7, 11) is -0.827. The first kappa shape index (κ1) is 13.7. The van der Waals surface area contributed by atoms with Crippen molar-refractivity contribution in [1.82, 2.24) is 20.2 Å². The summed E-state index contributed by atoms with van der Waals surface area (Å²) in [5, 5.41) is 11.7. The fraction of sp³-hybridized carbons (Fsp3) is 0.417. The van der Waals surface area contributed by atoms with Gasteiger partial charge in [-0.3, -0.25) is 4.21 Å². The van der Waals surface area contributed by atoms with Crippen molar-refractivity contribution in [2.24, 2.45) is 0 Å². The SMILES string of the molecule is CCS(=O)CCn1nnnc1-c1cccc(N)c1C. The van der Waals surface area contributed by atoms with Gasteiger partial charge in [0.1, 0.15) is 0 Å². The Morgan fingerprint density at radius 3 is 2.95 bits per heavy atom. The molecule has 0 fully saturated rings. The first-order chi connectivity index (χ1) is 9.13. The number of aromatic nitrogens is 4. The smallest absolute Gasteiger partial charge is 0.182 e. The molecule has 102 valence electrons. The molecule has 0 amide bonds. The van der Waals surface area contributed by atoms with E-state index in [0.717, 1.165) is 11.1 Å². The lowest BCUT2D eigenvalue weighted by molar-refractivity contribution is 0.624. The van der Waals surface area contributed by atoms with Gasteiger partial charge in [0, 0.05) is 33.6 Å². The summed E-state index contributed by atoms with van der Waals surface area (Å²) in [6, 6.07) is 5.66. The van der Waals surface area contributed by atoms with Gasteiger partial charge >= 0.3 is 0 Å². The van der Waals surface area contributed by atoms with Gasteiger partial charge in [0.15, 0.2) is 5.82 Å². The van der Waals surface area contributed by atoms with E-state index < -0.39 is 10.8 Å². The van der Waals surface area contributed by atoms with Crippen LogP contribution in [0.3, 0.4) is 0 Å². The molecule has 6 nitrogen and oxygen atoms in total. The molecule has 0 bridgehead atoms. The third-order valence-corrected chi connectivity index (χ3v) is 4.28. The monoisotopic (exact) mass is 279 g/mol. The van der Waals surface area contributed by atoms with Gasteiger partial charge in [-0.2, -0.15) is 0 Å². The molecule has 0 saturated heterocycles. The molecule has 2 rings (SSSR count). The molecule has 1 aromatic carbocycles. The second kappa shape index (κ2) is 5.92. The molecule has 1 unspecified atom stereocenters. The van der Waals surface area contributed by atoms with Crippen molar-refractivity contribution in [2.45, 2.75) is 20.4 Å². The minimum Gasteiger partial charge on any atom is -0.398 e. The van der Waals surface area contributed by atoms with Crippen LogP contribution in [0, 0.1) is 6.92 Å². The van der Waals surface area contributed by atoms with Crippen LogP contribution in [0.4, 0.5) is 5.69 Å². The second-order valence-corrected chi connectivity index (χ2v) is 6.04. The van der Waals surface area contributed by atoms with Crippen LogP contribution >= 0.6 is 0 Å². The number of hydrogen-bond acceptors (Lipinski definition) is 5. The Bertz CT molecular complexity index is 596. The van der Waals surface area contributed by atoms with E-state index >= 15 is 0 Å². The van der Waals surface area contributed by atoms with Gasteiger partial charge in [-0.15, -0.1) is 5.10 Å². The molecule has 2 N–H and O–H groups in total. The van der Waals surface area contributed by atoms with Gasteiger partial charge in [0.2, 0.25) is 0 Å². The number of anilines is 1. The Balaban J connectivity index is 2.29. The Morgan fingerprint density at radius 1 is 1.42 bits per heavy atom. The minimum atomic E-state index is -0.827. The van der Waals surface area contributed by atoms with Gasteiger partial charge in [0.05, 0.1) is 6.54 Å². The van der Waals surface area contributed by atoms with E-state index in [4.69, 9.17) is 5.73 Å². The number of benzene rings is 1. The van der Waals surface area contributed by atoms with Gasteiger partial charge in [-0.25, -0.2) is 4.68 Å². The summed E-state index contributed by atoms with van der Waals surface area (Å²) in [5.41, 5.74) is 8.47. The van der Waals surface area contributed by atoms with Crippen LogP contribution in [-0.2, 0) is 17.3 Å². The van der Waals surface area contributed by atoms with Crippen LogP contribution in [-0.4, -0.2) is 35.9 Å². The summed E-state index contributed by atoms with van der Waals surface area (Å²) in [4.78, 5) is 0. The van der Waals surface area contributed by atoms with E-state index in [0.29, 0.717) is 29.6 Å². The highest BCUT2D eigenvalue weighted by Gasteiger charge is 2.12. The first-order valence-corrected chi connectivity index (χ1v) is 7.59. The highest BCUT2D eigenvalue weighted by atomic mass is 32.2. The average Bonchev–Trinajstić information content (AvgIpc) is 2.87. The van der Waals surface area contributed by atoms with Crippen LogP contribution in [0.25, 0.3) is 11.4 Å². The zero-order valence-electron chi connectivity index (χ0n) is 11.0. The Labute approximate surface area is 114 Å². The Morgan fingerprint density at radius 2 is 2.21 bits per heavy atom. The molecular formula is C12H17N5OS. The fourth-order valence-electron chi connectivity index (χ4n) is 1.78. The highest BCUT2D eigenvalue weighted by Crippen LogP contribution is 2.24. The first-order valence-electron chi connectivity index (χ1n) is 6.10. The van der Waals surface area contributed by atoms with E-state index in [1.165, 1.54) is 0 Å². The second-order valence-electron chi connectivity index (χ2n) is 4.18. The van der Waals surface area contributed by atoms with Crippen molar-refractivity contribution in [3.05, 3.63) is 23.8 Å². The van der Waals surface area contributed by atoms with Gasteiger partial charge in [-0.1, -0.05) is 19.1 Å². The van der Waals surface area contributed by atoms with Gasteiger partial charge in [0.25, 0.3) is 0 Å². The maximum absolute atomic E-state index is 11.5. The van der Waals surface area contributed by atoms with Crippen LogP contribution in [0.5, 0.6) is 0 Å². The van der Waals surface area contributed by atoms with Gasteiger partial charge < -0.3 is 5.73 Å². The summed E-state index contributed by atoms with van der Waals surface area (Å²) in [5.74, 6) is 1.86. The highest BCUT2D eigenvalue weighted by molar-refractivity contribution is 7.84. The average molecular weight is 279 g/mol. The number of tetrazole rings is 1. The van der Waals surface area contributed by atoms with E-state index in [9.17, 15) is 4.21 Å². The summed E-state index contributed by atoms with van der Waals surface area (Å²) in [6.45, 7) is 4.38. The lowest BCUT2D eigenvalue weighted by atomic mass is 10.1. The molecule has 0 spiro atoms. The summed E-state index contributed by atoms with van der Waals surface area (Å²) in [6.07, 6.45) is 0. The fourth-order valence-corrected chi connectivity index (χ4v) is 2.44. The maximum Gasteiger partial charge on any atom is 0.182 e. The van der Waals surface area contributed by atoms with Crippen molar-refractivity contribution in [1.29, 1.82) is 0 Å². The summed E-state index contributed by atoms with van der Waals surface area (Å²) >= 11 is 0. The molecule has 1 heterocycles. The predicted octanol–water partition coefficient (Wildman–Crippen LogP) is 0.999. The van der Waals surface area contributed by atoms with Gasteiger partial charge in [-0.05, 0) is 29.0 Å². The minimum absolute atomic E-state index is 0.539. The molecular weight excluding hydrogens is 262 g/mol. The molecule has 7 heteroatoms. The molecule has 0 aliphatic carbocycles. The summed E-state index contributed by atoms with van der Waals surface area (Å²) < 4.78 is 13.2. The lowest BCUT2D eigenvalue weighted by Crippen LogP contribution is -2.12. The largest absolute Gasteiger partial charge is 0.398 e. The molecule has 1 atom stereocenters. The normalized spacial score (nSPS) is 12.5. The van der Waals surface area contributed by atoms with Crippen LogP contribution in [0.15, 0.2) is 18.2 Å². The molecule has 2 aromatic rings. The third kappa shape index (κ3) is 2.98. The van der Waals surface area contributed by atoms with Crippen molar-refractivity contribution < 1.29 is 4.21 Å². The van der Waals surface area contributed by atoms with E-state index in [2.05, 4.69) is 15.5 Å². The topological polar surface area (TPSA) is 86.7 Å². The van der Waals surface area contributed by atoms with Crippen molar-refractivity contribution in [3.63, 3.8) is 0 Å². The lowest BCUT2D eigenvalue weighted by Gasteiger charge is -2.08. The van der Waals surface area contributed by atoms with Crippen molar-refractivity contribution >= 4 is 16.5 Å². The molecule has 19 heavy (non-hydrogen) atoms. The van der Waals surface area contributed by atoms with E-state index in [-0.39, 0.29) is 0 Å². The van der Waals surface area contributed by atoms with Crippen LogP contribution in [0.2, 0.25) is 0 Å². The molecule has 0 aliphatic rings. The third-order valence-electron chi connectivity index (χ3n) is 3.00. The number of aryl methyl sites for hydroxylation is 1. The van der Waals surface area contributed by atoms with Crippen molar-refractivity contribution in [3.8, 4) is 11.4 Å². The van der Waals surface area contributed by atoms with Crippen molar-refractivity contribution in [2.75, 3.05) is 17.2 Å². The number of nitrogens with two attached hydrogens (primary N) is 1. The Hall–Kier alpha value is -1.76. The number of nitrogens with zero attached hydrogens (tertiary/aromatic N) is 4. The molecule has 1 aromatic heterocycles. The molecule has 0 aliphatic heterocycles. The van der Waals surface area contributed by atoms with Crippen LogP contribution in [0.1, 0.15) is 12.5 Å². The standard InChI is InChI=1S/C12H17N5OS/c1-3-19(18)8-7-17-12(14-15-16-17)10-5-4-6-11(13)9(10)2/h4-6H,3,7-8,13H2,1-2H3. The van der Waals surface area contributed by atoms with E-state index in [1.807, 2.05) is 32.0 Å². The zero-order valence-corrected chi connectivity index (χ0v) is 11.9. The number of hydrogen-bond donors (Lipinski definition) is 1. The zero-order chi connectivity index (χ0) is 13.8. The Kier molecular flexibility index (Phi) is 4.26. The molecule has 0 radical (unpaired) electrons. The number of rotatable bonds is 5. The quantitative estimate of drug-likeness (QED) is 0.825. The maximum atomic E-state index is 11.5. The predicted molar refractivity (Wildman–Crippen MR) is 76.0 cm³/mol. The number of nitrogen functional groups attached to an aromatic ring is 1.